The van der Waals surface area contributed by atoms with Gasteiger partial charge in [-0.05, 0) is 0 Å². The van der Waals surface area contributed by atoms with Gasteiger partial charge in [-0.2, -0.15) is 35.0 Å². The molecule has 4 aromatic rings. The second kappa shape index (κ2) is 16.3. The van der Waals surface area contributed by atoms with Crippen LogP contribution in [0.5, 0.6) is 0 Å². The van der Waals surface area contributed by atoms with Gasteiger partial charge in [0.15, 0.2) is 0 Å². The minimum absolute atomic E-state index is 1.22. The van der Waals surface area contributed by atoms with E-state index in [1.165, 1.54) is 33.4 Å². The summed E-state index contributed by atoms with van der Waals surface area (Å²) >= 11 is 1.75. The third-order valence-electron chi connectivity index (χ3n) is 3.34. The average Bonchev–Trinajstić information content (AvgIpc) is 3.45. The number of terminal acetylenes is 2. The van der Waals surface area contributed by atoms with Gasteiger partial charge in [0, 0.05) is 11.8 Å². The number of rotatable bonds is 0. The van der Waals surface area contributed by atoms with Crippen molar-refractivity contribution in [1.29, 1.82) is 0 Å². The first-order chi connectivity index (χ1) is 14.5. The molecule has 0 amide bonds. The molecular weight excluding hydrogens is 412 g/mol. The minimum Gasteiger partial charge on any atom is -0.168 e. The Hall–Kier alpha value is -3.70. The van der Waals surface area contributed by atoms with E-state index in [1.807, 2.05) is 0 Å². The maximum absolute atomic E-state index is 9.13. The van der Waals surface area contributed by atoms with Crippen LogP contribution in [0.4, 0.5) is 0 Å². The predicted molar refractivity (Wildman–Crippen MR) is 119 cm³/mol. The van der Waals surface area contributed by atoms with Gasteiger partial charge in [-0.25, -0.2) is 9.59 Å². The molecular formula is C25H20O4Ti. The van der Waals surface area contributed by atoms with E-state index in [-0.39, 0.29) is 0 Å². The van der Waals surface area contributed by atoms with Crippen molar-refractivity contribution in [1.82, 2.24) is 0 Å². The van der Waals surface area contributed by atoms with E-state index in [2.05, 4.69) is 103 Å². The number of fused-ring (bicyclic) bond motifs is 2. The number of aliphatic carboxylic acids is 2. The molecule has 0 saturated heterocycles. The fraction of sp³-hybridized carbons (Fsp3) is 0. The quantitative estimate of drug-likeness (QED) is 0.244. The first kappa shape index (κ1) is 26.3. The van der Waals surface area contributed by atoms with E-state index in [0.29, 0.717) is 0 Å². The van der Waals surface area contributed by atoms with E-state index < -0.39 is 11.9 Å². The van der Waals surface area contributed by atoms with E-state index in [0.717, 1.165) is 0 Å². The zero-order valence-electron chi connectivity index (χ0n) is 16.2. The van der Waals surface area contributed by atoms with Crippen molar-refractivity contribution in [3.63, 3.8) is 0 Å². The molecule has 0 saturated carbocycles. The van der Waals surface area contributed by atoms with Crippen LogP contribution in [0.25, 0.3) is 21.5 Å². The third-order valence-corrected chi connectivity index (χ3v) is 3.34. The molecule has 0 radical (unpaired) electrons. The van der Waals surface area contributed by atoms with E-state index in [1.54, 1.807) is 20.0 Å². The topological polar surface area (TPSA) is 74.6 Å². The van der Waals surface area contributed by atoms with Crippen molar-refractivity contribution < 1.29 is 39.8 Å². The second-order valence-electron chi connectivity index (χ2n) is 5.21. The van der Waals surface area contributed by atoms with Crippen LogP contribution in [0.1, 0.15) is 0 Å². The van der Waals surface area contributed by atoms with Crippen molar-refractivity contribution in [2.24, 2.45) is 0 Å². The Labute approximate surface area is 187 Å². The maximum atomic E-state index is 9.13. The largest absolute Gasteiger partial charge is 0.168 e. The zero-order chi connectivity index (χ0) is 22.8. The van der Waals surface area contributed by atoms with Gasteiger partial charge >= 0.3 is 36.7 Å². The summed E-state index contributed by atoms with van der Waals surface area (Å²) in [5.41, 5.74) is 0. The van der Waals surface area contributed by atoms with Crippen LogP contribution in [-0.2, 0) is 29.6 Å². The summed E-state index contributed by atoms with van der Waals surface area (Å²) in [6.07, 6.45) is 8.64. The Balaban J connectivity index is 0.000000379. The molecule has 0 aliphatic rings. The molecule has 0 aliphatic carbocycles. The Morgan fingerprint density at radius 1 is 0.733 bits per heavy atom. The fourth-order valence-corrected chi connectivity index (χ4v) is 2.14. The molecule has 148 valence electrons. The number of carboxylic acid groups (broad SMARTS) is 2. The molecule has 30 heavy (non-hydrogen) atoms. The van der Waals surface area contributed by atoms with Crippen LogP contribution in [0.2, 0.25) is 0 Å². The third kappa shape index (κ3) is 11.2. The Morgan fingerprint density at radius 2 is 1.03 bits per heavy atom. The monoisotopic (exact) mass is 432 g/mol. The molecule has 0 spiro atoms. The molecule has 4 nitrogen and oxygen atoms in total. The standard InChI is InChI=1S/2C9H7.2C3H2O2.CH2.Ti/c2*1-2-5-9-7-3-6-8(9)4-1;2*1-2-3(4)5;;/h2*1-7H;2*1H,(H,4,5);1H2;/q2*-1;;;;+2. The van der Waals surface area contributed by atoms with Gasteiger partial charge in [-0.3, -0.25) is 0 Å². The van der Waals surface area contributed by atoms with E-state index >= 15 is 0 Å². The van der Waals surface area contributed by atoms with Crippen molar-refractivity contribution in [2.75, 3.05) is 0 Å². The summed E-state index contributed by atoms with van der Waals surface area (Å²) in [5.74, 6) is 0.454. The van der Waals surface area contributed by atoms with Crippen LogP contribution in [0.3, 0.4) is 0 Å². The second-order valence-corrected chi connectivity index (χ2v) is 5.21. The predicted octanol–water partition coefficient (Wildman–Crippen LogP) is 4.49. The first-order valence-electron chi connectivity index (χ1n) is 8.43. The number of hydrogen-bond acceptors (Lipinski definition) is 2. The summed E-state index contributed by atoms with van der Waals surface area (Å²) in [6.45, 7) is 0. The van der Waals surface area contributed by atoms with E-state index in [4.69, 9.17) is 19.8 Å². The summed E-state index contributed by atoms with van der Waals surface area (Å²) in [7, 11) is 0. The van der Waals surface area contributed by atoms with Crippen LogP contribution in [0.15, 0.2) is 84.9 Å². The summed E-state index contributed by atoms with van der Waals surface area (Å²) in [5, 5.41) is 20.3. The Morgan fingerprint density at radius 3 is 1.30 bits per heavy atom. The van der Waals surface area contributed by atoms with E-state index in [9.17, 15) is 0 Å². The molecule has 0 atom stereocenters. The molecule has 0 aromatic heterocycles. The minimum atomic E-state index is -1.22. The summed E-state index contributed by atoms with van der Waals surface area (Å²) in [6, 6.07) is 29.3. The van der Waals surface area contributed by atoms with Gasteiger partial charge in [0.25, 0.3) is 0 Å². The molecule has 0 aliphatic heterocycles. The van der Waals surface area contributed by atoms with Crippen LogP contribution in [-0.4, -0.2) is 27.0 Å². The van der Waals surface area contributed by atoms with Gasteiger partial charge in [0.05, 0.1) is 0 Å². The van der Waals surface area contributed by atoms with Crippen molar-refractivity contribution in [3.8, 4) is 24.7 Å². The van der Waals surface area contributed by atoms with Crippen molar-refractivity contribution >= 4 is 38.3 Å². The van der Waals surface area contributed by atoms with Gasteiger partial charge in [-0.15, -0.1) is 72.2 Å². The molecule has 5 heteroatoms. The maximum Gasteiger partial charge on any atom is -0.0809 e. The average molecular weight is 432 g/mol. The molecule has 0 heterocycles. The summed E-state index contributed by atoms with van der Waals surface area (Å²) < 4.78 is 0. The van der Waals surface area contributed by atoms with Gasteiger partial charge < -0.3 is 10.2 Å². The van der Waals surface area contributed by atoms with Crippen molar-refractivity contribution in [3.05, 3.63) is 84.9 Å². The Kier molecular flexibility index (Phi) is 14.3. The normalized spacial score (nSPS) is 8.13. The van der Waals surface area contributed by atoms with Gasteiger partial charge in [-0.1, -0.05) is 12.1 Å². The Bertz CT molecular complexity index is 973. The fourth-order valence-electron chi connectivity index (χ4n) is 2.14. The molecule has 0 unspecified atom stereocenters. The molecule has 2 N–H and O–H groups in total. The van der Waals surface area contributed by atoms with Gasteiger partial charge in [0.1, 0.15) is 0 Å². The van der Waals surface area contributed by atoms with Crippen LogP contribution >= 0.6 is 0 Å². The van der Waals surface area contributed by atoms with Crippen LogP contribution < -0.4 is 0 Å². The molecule has 0 fully saturated rings. The SMILES string of the molecule is C#CC(=O)O.C#CC(=O)O.[CH2]=[Ti+2].c1ccc2[cH-]ccc2c1.c1ccc2[cH-]ccc2c1. The zero-order valence-corrected chi connectivity index (χ0v) is 17.7. The smallest absolute Gasteiger partial charge is 0.0809 e. The number of hydrogen-bond donors (Lipinski definition) is 2. The first-order valence-corrected chi connectivity index (χ1v) is 9.53. The number of carboxylic acids is 2. The van der Waals surface area contributed by atoms with Crippen molar-refractivity contribution in [2.45, 2.75) is 0 Å². The number of carbonyl (C=O) groups is 2. The van der Waals surface area contributed by atoms with Crippen LogP contribution in [0, 0.1) is 24.7 Å². The molecule has 4 rings (SSSR count). The van der Waals surface area contributed by atoms with Gasteiger partial charge in [0.2, 0.25) is 0 Å². The summed E-state index contributed by atoms with van der Waals surface area (Å²) in [4.78, 5) is 21.5. The number of benzene rings is 2. The molecule has 4 aromatic carbocycles. The molecule has 0 bridgehead atoms.